The molecule has 1 N–H and O–H groups in total. The van der Waals surface area contributed by atoms with E-state index in [1.165, 1.54) is 22.5 Å². The number of nitrogens with one attached hydrogen (secondary N) is 1. The summed E-state index contributed by atoms with van der Waals surface area (Å²) in [5.41, 5.74) is 1.10. The third-order valence-corrected chi connectivity index (χ3v) is 6.35. The van der Waals surface area contributed by atoms with Gasteiger partial charge in [-0.3, -0.25) is 4.79 Å². The summed E-state index contributed by atoms with van der Waals surface area (Å²) < 4.78 is 41.3. The highest BCUT2D eigenvalue weighted by Gasteiger charge is 2.34. The van der Waals surface area contributed by atoms with Crippen LogP contribution in [0.25, 0.3) is 0 Å². The smallest absolute Gasteiger partial charge is 0.282 e. The number of benzene rings is 2. The second kappa shape index (κ2) is 8.35. The van der Waals surface area contributed by atoms with Crippen molar-refractivity contribution in [2.45, 2.75) is 13.0 Å². The van der Waals surface area contributed by atoms with Crippen LogP contribution in [0.15, 0.2) is 48.5 Å². The summed E-state index contributed by atoms with van der Waals surface area (Å²) >= 11 is 5.86. The van der Waals surface area contributed by atoms with Gasteiger partial charge in [-0.2, -0.15) is 17.0 Å². The summed E-state index contributed by atoms with van der Waals surface area (Å²) in [6.45, 7) is 0.528. The number of nitrogens with zero attached hydrogens (tertiary/aromatic N) is 2. The average molecular weight is 412 g/mol. The predicted molar refractivity (Wildman–Crippen MR) is 102 cm³/mol. The van der Waals surface area contributed by atoms with Crippen molar-refractivity contribution >= 4 is 33.4 Å². The number of carbonyl (C=O) groups excluding carboxylic acids is 1. The summed E-state index contributed by atoms with van der Waals surface area (Å²) in [6.07, 6.45) is 0.611. The van der Waals surface area contributed by atoms with Crippen LogP contribution < -0.4 is 5.32 Å². The maximum Gasteiger partial charge on any atom is 0.282 e. The first kappa shape index (κ1) is 19.8. The molecule has 2 aromatic carbocycles. The van der Waals surface area contributed by atoms with Crippen molar-refractivity contribution in [3.63, 3.8) is 0 Å². The van der Waals surface area contributed by atoms with Crippen molar-refractivity contribution in [1.82, 2.24) is 8.61 Å². The fourth-order valence-corrected chi connectivity index (χ4v) is 4.62. The van der Waals surface area contributed by atoms with Crippen molar-refractivity contribution in [1.29, 1.82) is 0 Å². The molecule has 1 aliphatic heterocycles. The van der Waals surface area contributed by atoms with Crippen LogP contribution in [0.4, 0.5) is 10.1 Å². The molecule has 0 bridgehead atoms. The van der Waals surface area contributed by atoms with E-state index in [9.17, 15) is 17.6 Å². The minimum Gasteiger partial charge on any atom is -0.325 e. The highest BCUT2D eigenvalue weighted by Crippen LogP contribution is 2.20. The molecule has 1 fully saturated rings. The Hall–Kier alpha value is -2.00. The molecule has 0 spiro atoms. The van der Waals surface area contributed by atoms with Crippen LogP contribution in [0.1, 0.15) is 12.0 Å². The molecule has 27 heavy (non-hydrogen) atoms. The Morgan fingerprint density at radius 1 is 1.11 bits per heavy atom. The van der Waals surface area contributed by atoms with Gasteiger partial charge >= 0.3 is 0 Å². The highest BCUT2D eigenvalue weighted by molar-refractivity contribution is 7.86. The van der Waals surface area contributed by atoms with Gasteiger partial charge in [0.2, 0.25) is 5.91 Å². The van der Waals surface area contributed by atoms with Crippen LogP contribution in [0, 0.1) is 5.82 Å². The molecular weight excluding hydrogens is 393 g/mol. The summed E-state index contributed by atoms with van der Waals surface area (Å²) in [5, 5.41) is 3.10. The van der Waals surface area contributed by atoms with Gasteiger partial charge in [-0.15, -0.1) is 0 Å². The Morgan fingerprint density at radius 2 is 1.81 bits per heavy atom. The first-order valence-corrected chi connectivity index (χ1v) is 10.2. The Labute approximate surface area is 162 Å². The normalized spacial score (nSPS) is 17.6. The van der Waals surface area contributed by atoms with E-state index in [-0.39, 0.29) is 25.3 Å². The van der Waals surface area contributed by atoms with Crippen molar-refractivity contribution in [2.75, 3.05) is 25.0 Å². The van der Waals surface area contributed by atoms with Crippen LogP contribution in [-0.4, -0.2) is 42.6 Å². The summed E-state index contributed by atoms with van der Waals surface area (Å²) in [5.74, 6) is -0.995. The van der Waals surface area contributed by atoms with Crippen molar-refractivity contribution in [3.8, 4) is 0 Å². The quantitative estimate of drug-likeness (QED) is 0.822. The maximum absolute atomic E-state index is 13.2. The molecule has 0 aliphatic carbocycles. The molecule has 2 aromatic rings. The number of halogens is 2. The number of anilines is 1. The fraction of sp³-hybridized carbons (Fsp3) is 0.278. The fourth-order valence-electron chi connectivity index (χ4n) is 2.86. The molecule has 1 heterocycles. The summed E-state index contributed by atoms with van der Waals surface area (Å²) in [7, 11) is -3.77. The minimum absolute atomic E-state index is 0.210. The molecule has 0 atom stereocenters. The zero-order valence-electron chi connectivity index (χ0n) is 14.4. The van der Waals surface area contributed by atoms with Gasteiger partial charge in [-0.25, -0.2) is 4.39 Å². The third-order valence-electron chi connectivity index (χ3n) is 4.17. The molecular formula is C18H19ClFN3O3S. The number of rotatable bonds is 5. The van der Waals surface area contributed by atoms with Gasteiger partial charge in [0.1, 0.15) is 5.82 Å². The molecule has 1 saturated heterocycles. The molecule has 1 aliphatic rings. The predicted octanol–water partition coefficient (Wildman–Crippen LogP) is 2.87. The molecule has 144 valence electrons. The molecule has 0 saturated carbocycles. The molecule has 0 aromatic heterocycles. The second-order valence-corrected chi connectivity index (χ2v) is 8.58. The van der Waals surface area contributed by atoms with Gasteiger partial charge in [0.15, 0.2) is 0 Å². The highest BCUT2D eigenvalue weighted by atomic mass is 35.5. The van der Waals surface area contributed by atoms with Gasteiger partial charge in [0.25, 0.3) is 10.2 Å². The van der Waals surface area contributed by atoms with Crippen LogP contribution in [-0.2, 0) is 21.5 Å². The molecule has 0 unspecified atom stereocenters. The molecule has 3 rings (SSSR count). The van der Waals surface area contributed by atoms with Crippen LogP contribution in [0.5, 0.6) is 0 Å². The molecule has 9 heteroatoms. The third kappa shape index (κ3) is 5.04. The molecule has 1 amide bonds. The lowest BCUT2D eigenvalue weighted by molar-refractivity contribution is -0.116. The topological polar surface area (TPSA) is 69.7 Å². The van der Waals surface area contributed by atoms with E-state index in [1.54, 1.807) is 30.3 Å². The van der Waals surface area contributed by atoms with Crippen molar-refractivity contribution in [3.05, 3.63) is 64.9 Å². The zero-order chi connectivity index (χ0) is 19.4. The summed E-state index contributed by atoms with van der Waals surface area (Å²) in [4.78, 5) is 12.2. The lowest BCUT2D eigenvalue weighted by atomic mass is 10.2. The van der Waals surface area contributed by atoms with Crippen LogP contribution in [0.2, 0.25) is 5.02 Å². The van der Waals surface area contributed by atoms with E-state index >= 15 is 0 Å². The Morgan fingerprint density at radius 3 is 2.52 bits per heavy atom. The second-order valence-electron chi connectivity index (χ2n) is 6.21. The Balaban J connectivity index is 1.66. The average Bonchev–Trinajstić information content (AvgIpc) is 2.60. The number of carbonyl (C=O) groups is 1. The van der Waals surface area contributed by atoms with Gasteiger partial charge in [0.05, 0.1) is 6.54 Å². The van der Waals surface area contributed by atoms with Crippen molar-refractivity contribution in [2.24, 2.45) is 0 Å². The molecule has 6 nitrogen and oxygen atoms in total. The van der Waals surface area contributed by atoms with Gasteiger partial charge in [-0.1, -0.05) is 29.8 Å². The largest absolute Gasteiger partial charge is 0.325 e. The van der Waals surface area contributed by atoms with Gasteiger partial charge in [0, 0.05) is 30.3 Å². The Kier molecular flexibility index (Phi) is 6.11. The number of amides is 1. The monoisotopic (exact) mass is 411 g/mol. The van der Waals surface area contributed by atoms with E-state index < -0.39 is 21.9 Å². The standard InChI is InChI=1S/C18H19ClFN3O3S/c19-15-7-5-14(6-8-15)12-22-9-2-10-23(27(22,25)26)13-18(24)21-17-4-1-3-16(20)11-17/h1,3-8,11H,2,9-10,12-13H2,(H,21,24). The van der Waals surface area contributed by atoms with E-state index in [2.05, 4.69) is 5.32 Å². The number of hydrogen-bond acceptors (Lipinski definition) is 3. The van der Waals surface area contributed by atoms with E-state index in [1.807, 2.05) is 0 Å². The van der Waals surface area contributed by atoms with Crippen LogP contribution in [0.3, 0.4) is 0 Å². The lowest BCUT2D eigenvalue weighted by Crippen LogP contribution is -2.51. The van der Waals surface area contributed by atoms with Gasteiger partial charge < -0.3 is 5.32 Å². The lowest BCUT2D eigenvalue weighted by Gasteiger charge is -2.34. The van der Waals surface area contributed by atoms with E-state index in [4.69, 9.17) is 11.6 Å². The summed E-state index contributed by atoms with van der Waals surface area (Å²) in [6, 6.07) is 12.4. The van der Waals surface area contributed by atoms with E-state index in [0.29, 0.717) is 18.0 Å². The Bertz CT molecular complexity index is 922. The minimum atomic E-state index is -3.77. The first-order valence-electron chi connectivity index (χ1n) is 8.40. The first-order chi connectivity index (χ1) is 12.8. The SMILES string of the molecule is O=C(CN1CCCN(Cc2ccc(Cl)cc2)S1(=O)=O)Nc1cccc(F)c1. The van der Waals surface area contributed by atoms with Crippen molar-refractivity contribution < 1.29 is 17.6 Å². The number of hydrogen-bond donors (Lipinski definition) is 1. The van der Waals surface area contributed by atoms with Gasteiger partial charge in [-0.05, 0) is 42.3 Å². The molecule has 0 radical (unpaired) electrons. The van der Waals surface area contributed by atoms with E-state index in [0.717, 1.165) is 9.87 Å². The maximum atomic E-state index is 13.2. The van der Waals surface area contributed by atoms with Crippen LogP contribution >= 0.6 is 11.6 Å². The zero-order valence-corrected chi connectivity index (χ0v) is 16.0.